The maximum atomic E-state index is 14.3. The van der Waals surface area contributed by atoms with Gasteiger partial charge < -0.3 is 14.6 Å². The van der Waals surface area contributed by atoms with E-state index in [0.29, 0.717) is 29.8 Å². The maximum absolute atomic E-state index is 14.3. The molecule has 3 aromatic heterocycles. The third-order valence-electron chi connectivity index (χ3n) is 7.08. The van der Waals surface area contributed by atoms with Crippen molar-refractivity contribution in [1.29, 1.82) is 0 Å². The number of anilines is 2. The predicted octanol–water partition coefficient (Wildman–Crippen LogP) is 4.81. The van der Waals surface area contributed by atoms with E-state index in [-0.39, 0.29) is 5.82 Å². The molecule has 194 valence electrons. The minimum Gasteiger partial charge on any atom is -0.461 e. The fourth-order valence-electron chi connectivity index (χ4n) is 4.96. The van der Waals surface area contributed by atoms with Crippen molar-refractivity contribution in [3.05, 3.63) is 95.6 Å². The Morgan fingerprint density at radius 2 is 1.76 bits per heavy atom. The summed E-state index contributed by atoms with van der Waals surface area (Å²) >= 11 is 0. The second-order valence-corrected chi connectivity index (χ2v) is 9.57. The molecule has 0 saturated carbocycles. The SMILES string of the molecule is Cc1ccccc1CCNc1ncc(CN2CCN(c3ccccc3F)CC2)c2nc(-c3ccco3)nn12. The lowest BCUT2D eigenvalue weighted by Gasteiger charge is -2.36. The topological polar surface area (TPSA) is 74.7 Å². The lowest BCUT2D eigenvalue weighted by molar-refractivity contribution is 0.249. The summed E-state index contributed by atoms with van der Waals surface area (Å²) in [7, 11) is 0. The predicted molar refractivity (Wildman–Crippen MR) is 146 cm³/mol. The Bertz CT molecular complexity index is 1520. The van der Waals surface area contributed by atoms with Crippen molar-refractivity contribution < 1.29 is 8.81 Å². The summed E-state index contributed by atoms with van der Waals surface area (Å²) < 4.78 is 21.6. The van der Waals surface area contributed by atoms with Crippen LogP contribution >= 0.6 is 0 Å². The summed E-state index contributed by atoms with van der Waals surface area (Å²) in [5.74, 6) is 1.61. The van der Waals surface area contributed by atoms with E-state index in [4.69, 9.17) is 19.5 Å². The summed E-state index contributed by atoms with van der Waals surface area (Å²) in [5, 5.41) is 8.18. The summed E-state index contributed by atoms with van der Waals surface area (Å²) in [6, 6.07) is 19.1. The largest absolute Gasteiger partial charge is 0.461 e. The van der Waals surface area contributed by atoms with E-state index in [2.05, 4.69) is 46.3 Å². The van der Waals surface area contributed by atoms with E-state index in [0.717, 1.165) is 50.4 Å². The number of hydrogen-bond acceptors (Lipinski definition) is 7. The first-order valence-corrected chi connectivity index (χ1v) is 12.9. The zero-order chi connectivity index (χ0) is 25.9. The smallest absolute Gasteiger partial charge is 0.225 e. The monoisotopic (exact) mass is 511 g/mol. The van der Waals surface area contributed by atoms with Crippen LogP contribution in [0.15, 0.2) is 77.5 Å². The molecule has 6 rings (SSSR count). The fourth-order valence-corrected chi connectivity index (χ4v) is 4.96. The van der Waals surface area contributed by atoms with Gasteiger partial charge in [0.15, 0.2) is 11.4 Å². The van der Waals surface area contributed by atoms with Crippen molar-refractivity contribution in [3.63, 3.8) is 0 Å². The molecule has 0 unspecified atom stereocenters. The summed E-state index contributed by atoms with van der Waals surface area (Å²) in [6.45, 7) is 6.68. The van der Waals surface area contributed by atoms with E-state index in [1.807, 2.05) is 30.5 Å². The average Bonchev–Trinajstić information content (AvgIpc) is 3.63. The van der Waals surface area contributed by atoms with Gasteiger partial charge in [0.2, 0.25) is 11.8 Å². The number of nitrogens with zero attached hydrogens (tertiary/aromatic N) is 6. The van der Waals surface area contributed by atoms with Gasteiger partial charge in [0.25, 0.3) is 0 Å². The van der Waals surface area contributed by atoms with Gasteiger partial charge in [-0.1, -0.05) is 36.4 Å². The van der Waals surface area contributed by atoms with Gasteiger partial charge in [0.05, 0.1) is 12.0 Å². The van der Waals surface area contributed by atoms with Gasteiger partial charge in [0, 0.05) is 51.0 Å². The number of rotatable bonds is 8. The van der Waals surface area contributed by atoms with Crippen LogP contribution < -0.4 is 10.2 Å². The molecule has 4 heterocycles. The molecule has 0 amide bonds. The first-order chi connectivity index (χ1) is 18.7. The number of hydrogen-bond donors (Lipinski definition) is 1. The Morgan fingerprint density at radius 3 is 2.55 bits per heavy atom. The van der Waals surface area contributed by atoms with E-state index in [1.165, 1.54) is 17.2 Å². The number of aryl methyl sites for hydroxylation is 1. The number of nitrogens with one attached hydrogen (secondary N) is 1. The Morgan fingerprint density at radius 1 is 0.947 bits per heavy atom. The number of fused-ring (bicyclic) bond motifs is 1. The van der Waals surface area contributed by atoms with Crippen LogP contribution in [0.3, 0.4) is 0 Å². The van der Waals surface area contributed by atoms with Crippen molar-refractivity contribution in [2.24, 2.45) is 0 Å². The minimum absolute atomic E-state index is 0.175. The molecule has 0 aliphatic carbocycles. The number of halogens is 1. The molecule has 1 fully saturated rings. The Kier molecular flexibility index (Phi) is 6.75. The molecule has 1 N–H and O–H groups in total. The first-order valence-electron chi connectivity index (χ1n) is 12.9. The first kappa shape index (κ1) is 24.1. The maximum Gasteiger partial charge on any atom is 0.225 e. The molecule has 2 aromatic carbocycles. The Balaban J connectivity index is 1.20. The standard InChI is InChI=1S/C29H30FN7O/c1-21-7-2-3-8-22(21)12-13-31-29-32-19-23(28-33-27(34-37(28)29)26-11-6-18-38-26)20-35-14-16-36(17-15-35)25-10-5-4-9-24(25)30/h2-11,18-19H,12-17,20H2,1H3,(H,31,32). The molecule has 1 saturated heterocycles. The van der Waals surface area contributed by atoms with Crippen LogP contribution in [0, 0.1) is 12.7 Å². The molecule has 1 aliphatic rings. The van der Waals surface area contributed by atoms with E-state index in [9.17, 15) is 4.39 Å². The van der Waals surface area contributed by atoms with Gasteiger partial charge in [-0.2, -0.15) is 4.52 Å². The van der Waals surface area contributed by atoms with Gasteiger partial charge in [-0.3, -0.25) is 4.90 Å². The van der Waals surface area contributed by atoms with E-state index in [1.54, 1.807) is 16.8 Å². The van der Waals surface area contributed by atoms with Gasteiger partial charge in [-0.25, -0.2) is 14.4 Å². The Labute approximate surface area is 220 Å². The highest BCUT2D eigenvalue weighted by Crippen LogP contribution is 2.24. The molecular formula is C29H30FN7O. The molecule has 0 radical (unpaired) electrons. The van der Waals surface area contributed by atoms with Crippen LogP contribution in [0.25, 0.3) is 17.2 Å². The third-order valence-corrected chi connectivity index (χ3v) is 7.08. The summed E-state index contributed by atoms with van der Waals surface area (Å²) in [6.07, 6.45) is 4.38. The highest BCUT2D eigenvalue weighted by molar-refractivity contribution is 5.58. The second-order valence-electron chi connectivity index (χ2n) is 9.57. The van der Waals surface area contributed by atoms with Crippen LogP contribution in [0.5, 0.6) is 0 Å². The third kappa shape index (κ3) is 4.97. The fraction of sp³-hybridized carbons (Fsp3) is 0.276. The molecule has 9 heteroatoms. The lowest BCUT2D eigenvalue weighted by atomic mass is 10.1. The molecule has 0 spiro atoms. The van der Waals surface area contributed by atoms with Gasteiger partial charge in [-0.05, 0) is 48.7 Å². The molecular weight excluding hydrogens is 481 g/mol. The van der Waals surface area contributed by atoms with Gasteiger partial charge in [-0.15, -0.1) is 5.10 Å². The quantitative estimate of drug-likeness (QED) is 0.321. The van der Waals surface area contributed by atoms with Gasteiger partial charge in [0.1, 0.15) is 5.82 Å². The normalized spacial score (nSPS) is 14.3. The van der Waals surface area contributed by atoms with Crippen molar-refractivity contribution >= 4 is 17.3 Å². The van der Waals surface area contributed by atoms with Gasteiger partial charge >= 0.3 is 0 Å². The van der Waals surface area contributed by atoms with E-state index >= 15 is 0 Å². The Hall–Kier alpha value is -4.24. The summed E-state index contributed by atoms with van der Waals surface area (Å²) in [4.78, 5) is 14.0. The number of para-hydroxylation sites is 1. The zero-order valence-electron chi connectivity index (χ0n) is 21.3. The lowest BCUT2D eigenvalue weighted by Crippen LogP contribution is -2.46. The average molecular weight is 512 g/mol. The van der Waals surface area contributed by atoms with Crippen molar-refractivity contribution in [2.45, 2.75) is 19.9 Å². The van der Waals surface area contributed by atoms with Crippen LogP contribution in [0.2, 0.25) is 0 Å². The van der Waals surface area contributed by atoms with Crippen LogP contribution in [-0.4, -0.2) is 57.2 Å². The summed E-state index contributed by atoms with van der Waals surface area (Å²) in [5.41, 5.74) is 4.98. The van der Waals surface area contributed by atoms with Crippen molar-refractivity contribution in [1.82, 2.24) is 24.5 Å². The van der Waals surface area contributed by atoms with Crippen LogP contribution in [0.1, 0.15) is 16.7 Å². The second kappa shape index (κ2) is 10.6. The number of aromatic nitrogens is 4. The molecule has 0 bridgehead atoms. The van der Waals surface area contributed by atoms with Crippen molar-refractivity contribution in [3.8, 4) is 11.6 Å². The van der Waals surface area contributed by atoms with Crippen LogP contribution in [-0.2, 0) is 13.0 Å². The number of furan rings is 1. The highest BCUT2D eigenvalue weighted by Gasteiger charge is 2.22. The molecule has 8 nitrogen and oxygen atoms in total. The molecule has 38 heavy (non-hydrogen) atoms. The highest BCUT2D eigenvalue weighted by atomic mass is 19.1. The molecule has 1 aliphatic heterocycles. The number of benzene rings is 2. The minimum atomic E-state index is -0.175. The van der Waals surface area contributed by atoms with E-state index < -0.39 is 0 Å². The van der Waals surface area contributed by atoms with Crippen LogP contribution in [0.4, 0.5) is 16.0 Å². The number of piperazine rings is 1. The molecule has 0 atom stereocenters. The molecule has 5 aromatic rings. The zero-order valence-corrected chi connectivity index (χ0v) is 21.3. The van der Waals surface area contributed by atoms with Crippen molar-refractivity contribution in [2.75, 3.05) is 42.9 Å².